The first-order valence-electron chi connectivity index (χ1n) is 12.8. The van der Waals surface area contributed by atoms with E-state index in [1.165, 1.54) is 0 Å². The fourth-order valence-corrected chi connectivity index (χ4v) is 5.49. The van der Waals surface area contributed by atoms with Gasteiger partial charge in [0.15, 0.2) is 5.82 Å². The van der Waals surface area contributed by atoms with Crippen LogP contribution in [-0.2, 0) is 6.42 Å². The number of aromatic nitrogens is 3. The molecule has 0 amide bonds. The number of rotatable bonds is 9. The fourth-order valence-electron chi connectivity index (χ4n) is 5.49. The maximum absolute atomic E-state index is 14.9. The van der Waals surface area contributed by atoms with E-state index in [1.807, 2.05) is 36.2 Å². The maximum atomic E-state index is 14.9. The van der Waals surface area contributed by atoms with Gasteiger partial charge in [-0.3, -0.25) is 4.90 Å². The van der Waals surface area contributed by atoms with Crippen LogP contribution in [0.25, 0.3) is 16.6 Å². The Labute approximate surface area is 213 Å². The molecule has 3 heterocycles. The Bertz CT molecular complexity index is 1270. The van der Waals surface area contributed by atoms with Gasteiger partial charge in [-0.25, -0.2) is 23.2 Å². The molecule has 2 aromatic heterocycles. The second-order valence-corrected chi connectivity index (χ2v) is 9.95. The average molecular weight is 516 g/mol. The number of likely N-dealkylation sites (tertiary alicyclic amines) is 1. The Morgan fingerprint density at radius 3 is 2.76 bits per heavy atom. The van der Waals surface area contributed by atoms with Crippen molar-refractivity contribution in [2.45, 2.75) is 57.2 Å². The molecule has 8 nitrogen and oxygen atoms in total. The number of piperidine rings is 1. The summed E-state index contributed by atoms with van der Waals surface area (Å²) in [4.78, 5) is 6.51. The normalized spacial score (nSPS) is 22.1. The van der Waals surface area contributed by atoms with Crippen molar-refractivity contribution in [1.82, 2.24) is 19.5 Å². The lowest BCUT2D eigenvalue weighted by atomic mass is 9.83. The average Bonchev–Trinajstić information content (AvgIpc) is 3.30. The molecule has 2 N–H and O–H groups in total. The van der Waals surface area contributed by atoms with E-state index in [2.05, 4.69) is 20.5 Å². The summed E-state index contributed by atoms with van der Waals surface area (Å²) in [5.41, 5.74) is 11.2. The molecule has 2 aliphatic rings. The Morgan fingerprint density at radius 2 is 2.08 bits per heavy atom. The lowest BCUT2D eigenvalue weighted by Crippen LogP contribution is -2.55. The summed E-state index contributed by atoms with van der Waals surface area (Å²) in [6, 6.07) is 7.38. The van der Waals surface area contributed by atoms with Crippen LogP contribution in [0, 0.1) is 11.4 Å². The summed E-state index contributed by atoms with van der Waals surface area (Å²) < 4.78 is 48.7. The first kappa shape index (κ1) is 25.4. The van der Waals surface area contributed by atoms with E-state index < -0.39 is 12.1 Å². The number of methoxy groups -OCH3 is 1. The van der Waals surface area contributed by atoms with Gasteiger partial charge in [-0.1, -0.05) is 6.07 Å². The molecule has 5 rings (SSSR count). The highest BCUT2D eigenvalue weighted by Crippen LogP contribution is 2.42. The molecule has 0 bridgehead atoms. The molecule has 0 spiro atoms. The molecule has 3 aromatic rings. The van der Waals surface area contributed by atoms with E-state index in [9.17, 15) is 13.2 Å². The van der Waals surface area contributed by atoms with Crippen molar-refractivity contribution in [3.05, 3.63) is 36.3 Å². The molecule has 0 radical (unpaired) electrons. The maximum Gasteiger partial charge on any atom is 0.251 e. The molecule has 37 heavy (non-hydrogen) atoms. The number of nitrogens with one attached hydrogen (secondary N) is 2. The van der Waals surface area contributed by atoms with Gasteiger partial charge in [-0.05, 0) is 56.0 Å². The first-order valence-corrected chi connectivity index (χ1v) is 12.8. The van der Waals surface area contributed by atoms with E-state index in [0.717, 1.165) is 22.3 Å². The number of hydrogen-bond donors (Lipinski definition) is 2. The molecule has 1 aromatic carbocycles. The minimum atomic E-state index is -2.59. The molecule has 1 saturated heterocycles. The summed E-state index contributed by atoms with van der Waals surface area (Å²) in [6.45, 7) is 3.55. The predicted molar refractivity (Wildman–Crippen MR) is 135 cm³/mol. The van der Waals surface area contributed by atoms with Gasteiger partial charge >= 0.3 is 0 Å². The lowest BCUT2D eigenvalue weighted by molar-refractivity contribution is -0.133. The SMILES string of the molecule is CCNc1cc(-c2ccn3nc(CC[C@H]4CCN(C5CC(F)(F)C5)C[C@H]4F)nc(OC)c23)ccc1N=N. The van der Waals surface area contributed by atoms with Crippen LogP contribution >= 0.6 is 0 Å². The largest absolute Gasteiger partial charge is 0.479 e. The van der Waals surface area contributed by atoms with Crippen LogP contribution in [0.5, 0.6) is 5.88 Å². The van der Waals surface area contributed by atoms with Crippen molar-refractivity contribution in [2.75, 3.05) is 32.1 Å². The summed E-state index contributed by atoms with van der Waals surface area (Å²) in [5, 5.41) is 11.5. The number of hydrogen-bond acceptors (Lipinski definition) is 7. The molecule has 2 fully saturated rings. The molecule has 2 atom stereocenters. The van der Waals surface area contributed by atoms with Crippen LogP contribution < -0.4 is 10.1 Å². The van der Waals surface area contributed by atoms with Crippen LogP contribution in [0.15, 0.2) is 35.6 Å². The predicted octanol–water partition coefficient (Wildman–Crippen LogP) is 5.89. The van der Waals surface area contributed by atoms with Crippen molar-refractivity contribution in [2.24, 2.45) is 11.0 Å². The Balaban J connectivity index is 1.30. The van der Waals surface area contributed by atoms with Gasteiger partial charge in [-0.15, -0.1) is 0 Å². The zero-order valence-electron chi connectivity index (χ0n) is 21.1. The van der Waals surface area contributed by atoms with E-state index in [4.69, 9.17) is 10.3 Å². The van der Waals surface area contributed by atoms with Crippen LogP contribution in [0.2, 0.25) is 0 Å². The highest BCUT2D eigenvalue weighted by Gasteiger charge is 2.49. The number of alkyl halides is 3. The number of benzene rings is 1. The van der Waals surface area contributed by atoms with Crippen molar-refractivity contribution >= 4 is 16.9 Å². The standard InChI is InChI=1S/C26H32F3N7O/c1-3-31-22-12-17(4-6-21(22)33-30)19-9-11-36-24(19)25(37-2)32-23(34-36)7-5-16-8-10-35(15-20(16)27)18-13-26(28,29)14-18/h4,6,9,11-12,16,18,20,30-31H,3,5,7-8,10,13-15H2,1-2H3/t16-,20+/m0/s1. The number of anilines is 1. The van der Waals surface area contributed by atoms with Crippen LogP contribution in [0.4, 0.5) is 24.5 Å². The van der Waals surface area contributed by atoms with Gasteiger partial charge in [0.05, 0.1) is 12.8 Å². The van der Waals surface area contributed by atoms with Gasteiger partial charge in [0.2, 0.25) is 5.88 Å². The first-order chi connectivity index (χ1) is 17.8. The molecule has 1 saturated carbocycles. The number of halogens is 3. The van der Waals surface area contributed by atoms with Gasteiger partial charge in [0, 0.05) is 50.2 Å². The van der Waals surface area contributed by atoms with Crippen LogP contribution in [0.3, 0.4) is 0 Å². The summed E-state index contributed by atoms with van der Waals surface area (Å²) in [6.07, 6.45) is 2.22. The van der Waals surface area contributed by atoms with Crippen LogP contribution in [-0.4, -0.2) is 64.4 Å². The monoisotopic (exact) mass is 515 g/mol. The third kappa shape index (κ3) is 5.14. The quantitative estimate of drug-likeness (QED) is 0.347. The molecule has 1 aliphatic carbocycles. The molecule has 11 heteroatoms. The molecular weight excluding hydrogens is 483 g/mol. The number of ether oxygens (including phenoxy) is 1. The van der Waals surface area contributed by atoms with Gasteiger partial charge < -0.3 is 10.1 Å². The molecule has 1 aliphatic heterocycles. The number of fused-ring (bicyclic) bond motifs is 1. The lowest BCUT2D eigenvalue weighted by Gasteiger charge is -2.46. The molecule has 198 valence electrons. The van der Waals surface area contributed by atoms with Gasteiger partial charge in [0.25, 0.3) is 5.92 Å². The fraction of sp³-hybridized carbons (Fsp3) is 0.538. The van der Waals surface area contributed by atoms with Crippen LogP contribution in [0.1, 0.15) is 38.4 Å². The molecule has 0 unspecified atom stereocenters. The van der Waals surface area contributed by atoms with Crippen molar-refractivity contribution in [1.29, 1.82) is 5.53 Å². The van der Waals surface area contributed by atoms with Gasteiger partial charge in [-0.2, -0.15) is 15.2 Å². The van der Waals surface area contributed by atoms with Crippen molar-refractivity contribution in [3.63, 3.8) is 0 Å². The minimum absolute atomic E-state index is 0.146. The minimum Gasteiger partial charge on any atom is -0.479 e. The Morgan fingerprint density at radius 1 is 1.27 bits per heavy atom. The van der Waals surface area contributed by atoms with E-state index in [0.29, 0.717) is 49.7 Å². The highest BCUT2D eigenvalue weighted by molar-refractivity contribution is 5.87. The van der Waals surface area contributed by atoms with Gasteiger partial charge in [0.1, 0.15) is 17.4 Å². The second kappa shape index (κ2) is 10.3. The zero-order chi connectivity index (χ0) is 26.2. The number of aryl methyl sites for hydroxylation is 1. The smallest absolute Gasteiger partial charge is 0.251 e. The highest BCUT2D eigenvalue weighted by atomic mass is 19.3. The zero-order valence-corrected chi connectivity index (χ0v) is 21.1. The summed E-state index contributed by atoms with van der Waals surface area (Å²) in [7, 11) is 1.56. The summed E-state index contributed by atoms with van der Waals surface area (Å²) in [5.74, 6) is -1.73. The Kier molecular flexibility index (Phi) is 7.06. The topological polar surface area (TPSA) is 90.9 Å². The van der Waals surface area contributed by atoms with E-state index >= 15 is 0 Å². The second-order valence-electron chi connectivity index (χ2n) is 9.95. The third-order valence-electron chi connectivity index (χ3n) is 7.54. The van der Waals surface area contributed by atoms with Crippen molar-refractivity contribution < 1.29 is 17.9 Å². The summed E-state index contributed by atoms with van der Waals surface area (Å²) >= 11 is 0. The van der Waals surface area contributed by atoms with Crippen molar-refractivity contribution in [3.8, 4) is 17.0 Å². The van der Waals surface area contributed by atoms with E-state index in [1.54, 1.807) is 17.7 Å². The van der Waals surface area contributed by atoms with E-state index in [-0.39, 0.29) is 31.3 Å². The Hall–Kier alpha value is -3.21. The third-order valence-corrected chi connectivity index (χ3v) is 7.54. The number of nitrogens with zero attached hydrogens (tertiary/aromatic N) is 5. The molecular formula is C26H32F3N7O.